The molecule has 0 aromatic carbocycles. The Kier molecular flexibility index (Phi) is 34.0. The second kappa shape index (κ2) is 35.8. The molecule has 0 saturated carbocycles. The number of carbonyl (C=O) groups excluding carboxylic acids is 2. The molecule has 14 heteroatoms. The summed E-state index contributed by atoms with van der Waals surface area (Å²) in [6.45, 7) is 2.47. The van der Waals surface area contributed by atoms with Crippen LogP contribution in [0, 0.1) is 0 Å². The van der Waals surface area contributed by atoms with Gasteiger partial charge in [0, 0.05) is 12.8 Å². The Morgan fingerprint density at radius 2 is 1.18 bits per heavy atom. The topological polar surface area (TPSA) is 212 Å². The van der Waals surface area contributed by atoms with Crippen LogP contribution in [0.3, 0.4) is 0 Å². The Bertz CT molecular complexity index is 1160. The van der Waals surface area contributed by atoms with Crippen molar-refractivity contribution in [3.8, 4) is 0 Å². The van der Waals surface area contributed by atoms with Crippen molar-refractivity contribution in [2.75, 3.05) is 19.8 Å². The number of esters is 2. The van der Waals surface area contributed by atoms with Crippen LogP contribution in [-0.4, -0.2) is 82.3 Å². The third-order valence-electron chi connectivity index (χ3n) is 8.52. The van der Waals surface area contributed by atoms with Crippen LogP contribution in [0.2, 0.25) is 0 Å². The molecule has 0 spiro atoms. The van der Waals surface area contributed by atoms with Gasteiger partial charge in [0.2, 0.25) is 0 Å². The van der Waals surface area contributed by atoms with E-state index < -0.39 is 69.9 Å². The highest BCUT2D eigenvalue weighted by Crippen LogP contribution is 2.43. The number of phosphoric acid groups is 1. The minimum absolute atomic E-state index is 0.0382. The van der Waals surface area contributed by atoms with Gasteiger partial charge in [-0.25, -0.2) is 4.57 Å². The maximum absolute atomic E-state index is 12.6. The molecule has 0 amide bonds. The lowest BCUT2D eigenvalue weighted by Gasteiger charge is -2.20. The highest BCUT2D eigenvalue weighted by atomic mass is 31.2. The maximum atomic E-state index is 12.6. The second-order valence-electron chi connectivity index (χ2n) is 13.8. The van der Waals surface area contributed by atoms with Crippen LogP contribution >= 0.6 is 7.82 Å². The van der Waals surface area contributed by atoms with E-state index in [0.29, 0.717) is 19.3 Å². The number of rotatable bonds is 37. The van der Waals surface area contributed by atoms with Gasteiger partial charge in [-0.1, -0.05) is 146 Å². The Balaban J connectivity index is 4.66. The molecule has 6 N–H and O–H groups in total. The zero-order valence-corrected chi connectivity index (χ0v) is 34.4. The number of allylic oxidation sites excluding steroid dienone is 5. The first-order valence-corrected chi connectivity index (χ1v) is 21.9. The molecule has 0 aliphatic carbocycles. The molecule has 0 fully saturated rings. The van der Waals surface area contributed by atoms with Gasteiger partial charge in [-0.3, -0.25) is 23.4 Å². The number of hydrogen-bond donors (Lipinski definition) is 5. The van der Waals surface area contributed by atoms with Crippen molar-refractivity contribution in [2.45, 2.75) is 173 Å². The van der Waals surface area contributed by atoms with Crippen LogP contribution in [0.25, 0.3) is 0 Å². The van der Waals surface area contributed by atoms with Crippen LogP contribution < -0.4 is 5.73 Å². The first kappa shape index (κ1) is 52.4. The number of ether oxygens (including phenoxy) is 2. The van der Waals surface area contributed by atoms with E-state index in [1.165, 1.54) is 64.2 Å². The van der Waals surface area contributed by atoms with Gasteiger partial charge >= 0.3 is 25.7 Å². The first-order chi connectivity index (χ1) is 26.4. The Morgan fingerprint density at radius 1 is 0.655 bits per heavy atom. The van der Waals surface area contributed by atoms with Gasteiger partial charge in [0.15, 0.2) is 6.10 Å². The fourth-order valence-corrected chi connectivity index (χ4v) is 5.98. The van der Waals surface area contributed by atoms with Crippen LogP contribution in [-0.2, 0) is 37.5 Å². The molecule has 13 nitrogen and oxygen atoms in total. The maximum Gasteiger partial charge on any atom is 0.472 e. The molecule has 0 aliphatic heterocycles. The predicted molar refractivity (Wildman–Crippen MR) is 215 cm³/mol. The average molecular weight is 802 g/mol. The summed E-state index contributed by atoms with van der Waals surface area (Å²) in [6, 6.07) is -1.56. The minimum Gasteiger partial charge on any atom is -0.480 e. The van der Waals surface area contributed by atoms with Gasteiger partial charge < -0.3 is 35.4 Å². The third-order valence-corrected chi connectivity index (χ3v) is 9.47. The number of phosphoric ester groups is 1. The van der Waals surface area contributed by atoms with Crippen LogP contribution in [0.5, 0.6) is 0 Å². The molecule has 0 bridgehead atoms. The van der Waals surface area contributed by atoms with Crippen LogP contribution in [0.15, 0.2) is 48.6 Å². The average Bonchev–Trinajstić information content (AvgIpc) is 3.14. The summed E-state index contributed by atoms with van der Waals surface area (Å²) in [7, 11) is -4.77. The Labute approximate surface area is 330 Å². The number of carboxylic acids is 1. The molecule has 0 aromatic heterocycles. The molecule has 0 rings (SSSR count). The largest absolute Gasteiger partial charge is 0.480 e. The van der Waals surface area contributed by atoms with E-state index in [2.05, 4.69) is 24.4 Å². The number of aliphatic hydroxyl groups excluding tert-OH is 2. The standard InChI is InChI=1S/C41H72NO12P/c1-3-5-7-9-11-12-13-14-15-16-18-24-30-40(46)54-37(33-52-55(49,50)53-34-38(42)41(47)48)32-51-39(45)31-25-29-36(44)28-23-20-19-22-27-35(43)26-21-17-10-8-6-4-2/h17,19-23,27-28,35-38,43-44H,3-16,18,24-26,29-34,42H2,1-2H3,(H,47,48)(H,49,50)/b20-19+,21-17-,27-22+,28-23-/t35-,36-,37-,38+/m1/s1. The third kappa shape index (κ3) is 35.5. The van der Waals surface area contributed by atoms with Crippen molar-refractivity contribution in [3.05, 3.63) is 48.6 Å². The highest BCUT2D eigenvalue weighted by molar-refractivity contribution is 7.47. The minimum atomic E-state index is -4.77. The monoisotopic (exact) mass is 801 g/mol. The van der Waals surface area contributed by atoms with E-state index in [4.69, 9.17) is 24.8 Å². The Hall–Kier alpha value is -2.64. The van der Waals surface area contributed by atoms with E-state index >= 15 is 0 Å². The summed E-state index contributed by atoms with van der Waals surface area (Å²) in [5, 5.41) is 29.1. The molecule has 318 valence electrons. The van der Waals surface area contributed by atoms with Crippen LogP contribution in [0.1, 0.15) is 149 Å². The summed E-state index contributed by atoms with van der Waals surface area (Å²) in [5.41, 5.74) is 5.31. The summed E-state index contributed by atoms with van der Waals surface area (Å²) >= 11 is 0. The fourth-order valence-electron chi connectivity index (χ4n) is 5.20. The van der Waals surface area contributed by atoms with Gasteiger partial charge in [-0.05, 0) is 38.5 Å². The quantitative estimate of drug-likeness (QED) is 0.0132. The normalized spacial score (nSPS) is 15.5. The predicted octanol–water partition coefficient (Wildman–Crippen LogP) is 8.17. The van der Waals surface area contributed by atoms with Crippen molar-refractivity contribution in [1.29, 1.82) is 0 Å². The highest BCUT2D eigenvalue weighted by Gasteiger charge is 2.28. The molecule has 0 heterocycles. The summed E-state index contributed by atoms with van der Waals surface area (Å²) in [5.74, 6) is -2.65. The zero-order chi connectivity index (χ0) is 41.0. The molecular weight excluding hydrogens is 729 g/mol. The molecule has 0 radical (unpaired) electrons. The lowest BCUT2D eigenvalue weighted by Crippen LogP contribution is -2.34. The lowest BCUT2D eigenvalue weighted by molar-refractivity contribution is -0.161. The Morgan fingerprint density at radius 3 is 1.78 bits per heavy atom. The van der Waals surface area contributed by atoms with Crippen molar-refractivity contribution < 1.29 is 57.7 Å². The fraction of sp³-hybridized carbons (Fsp3) is 0.732. The summed E-state index contributed by atoms with van der Waals surface area (Å²) < 4.78 is 32.4. The van der Waals surface area contributed by atoms with Crippen LogP contribution in [0.4, 0.5) is 0 Å². The van der Waals surface area contributed by atoms with Gasteiger partial charge in [0.1, 0.15) is 12.6 Å². The number of carboxylic acid groups (broad SMARTS) is 1. The van der Waals surface area contributed by atoms with E-state index in [1.54, 1.807) is 36.5 Å². The molecule has 0 aromatic rings. The molecule has 5 atom stereocenters. The zero-order valence-electron chi connectivity index (χ0n) is 33.5. The van der Waals surface area contributed by atoms with Gasteiger partial charge in [0.05, 0.1) is 25.4 Å². The van der Waals surface area contributed by atoms with Crippen molar-refractivity contribution in [1.82, 2.24) is 0 Å². The van der Waals surface area contributed by atoms with E-state index in [0.717, 1.165) is 32.1 Å². The number of carbonyl (C=O) groups is 3. The molecule has 1 unspecified atom stereocenters. The van der Waals surface area contributed by atoms with Crippen molar-refractivity contribution in [3.63, 3.8) is 0 Å². The molecule has 0 saturated heterocycles. The van der Waals surface area contributed by atoms with Gasteiger partial charge in [-0.2, -0.15) is 0 Å². The van der Waals surface area contributed by atoms with E-state index in [9.17, 15) is 34.1 Å². The van der Waals surface area contributed by atoms with Crippen molar-refractivity contribution >= 4 is 25.7 Å². The van der Waals surface area contributed by atoms with Gasteiger partial charge in [0.25, 0.3) is 0 Å². The number of aliphatic hydroxyl groups is 2. The molecule has 0 aliphatic rings. The van der Waals surface area contributed by atoms with Crippen molar-refractivity contribution in [2.24, 2.45) is 5.73 Å². The van der Waals surface area contributed by atoms with E-state index in [1.807, 2.05) is 6.08 Å². The molecule has 55 heavy (non-hydrogen) atoms. The van der Waals surface area contributed by atoms with Gasteiger partial charge in [-0.15, -0.1) is 0 Å². The number of hydrogen-bond acceptors (Lipinski definition) is 11. The number of unbranched alkanes of at least 4 members (excludes halogenated alkanes) is 14. The number of nitrogens with two attached hydrogens (primary N) is 1. The second-order valence-corrected chi connectivity index (χ2v) is 15.3. The SMILES string of the molecule is CCCCC/C=C\C[C@@H](O)/C=C/C=C/C=C\[C@@H](O)CCCC(=O)OC[C@H](COP(=O)(O)OC[C@H](N)C(=O)O)OC(=O)CCCCCCCCCCCCCC. The first-order valence-electron chi connectivity index (χ1n) is 20.4. The molecular formula is C41H72NO12P. The summed E-state index contributed by atoms with van der Waals surface area (Å²) in [4.78, 5) is 45.8. The smallest absolute Gasteiger partial charge is 0.472 e. The number of aliphatic carboxylic acids is 1. The van der Waals surface area contributed by atoms with E-state index in [-0.39, 0.29) is 19.3 Å². The summed E-state index contributed by atoms with van der Waals surface area (Å²) in [6.07, 6.45) is 31.0. The lowest BCUT2D eigenvalue weighted by atomic mass is 10.0.